The fraction of sp³-hybridized carbons (Fsp3) is 0.320. The molecule has 0 spiro atoms. The Hall–Kier alpha value is -3.45. The second-order valence-corrected chi connectivity index (χ2v) is 7.95. The molecule has 2 aromatic carbocycles. The van der Waals surface area contributed by atoms with Crippen molar-refractivity contribution >= 4 is 17.4 Å². The van der Waals surface area contributed by atoms with Crippen LogP contribution in [0.3, 0.4) is 0 Å². The van der Waals surface area contributed by atoms with E-state index in [0.29, 0.717) is 13.0 Å². The van der Waals surface area contributed by atoms with Gasteiger partial charge in [0.1, 0.15) is 5.75 Å². The van der Waals surface area contributed by atoms with E-state index in [0.717, 1.165) is 60.3 Å². The topological polar surface area (TPSA) is 70.6 Å². The number of hydrogen-bond donors (Lipinski definition) is 1. The fourth-order valence-corrected chi connectivity index (χ4v) is 3.70. The Kier molecular flexibility index (Phi) is 6.97. The Labute approximate surface area is 189 Å². The van der Waals surface area contributed by atoms with Crippen molar-refractivity contribution in [2.75, 3.05) is 50.1 Å². The number of aromatic nitrogens is 2. The first-order chi connectivity index (χ1) is 15.6. The van der Waals surface area contributed by atoms with Crippen LogP contribution in [0.25, 0.3) is 11.3 Å². The van der Waals surface area contributed by atoms with Gasteiger partial charge in [-0.1, -0.05) is 24.3 Å². The Bertz CT molecular complexity index is 1030. The lowest BCUT2D eigenvalue weighted by molar-refractivity contribution is -0.115. The Morgan fingerprint density at radius 1 is 1.00 bits per heavy atom. The first-order valence-electron chi connectivity index (χ1n) is 11.0. The van der Waals surface area contributed by atoms with Gasteiger partial charge in [-0.3, -0.25) is 4.79 Å². The van der Waals surface area contributed by atoms with Gasteiger partial charge in [0.05, 0.1) is 18.7 Å². The summed E-state index contributed by atoms with van der Waals surface area (Å²) in [4.78, 5) is 17.1. The number of carbonyl (C=O) groups excluding carboxylic acids is 1. The number of nitrogens with one attached hydrogen (secondary N) is 1. The first-order valence-corrected chi connectivity index (χ1v) is 11.0. The lowest BCUT2D eigenvalue weighted by Crippen LogP contribution is -2.44. The number of ether oxygens (including phenoxy) is 1. The quantitative estimate of drug-likeness (QED) is 0.618. The third-order valence-electron chi connectivity index (χ3n) is 5.52. The summed E-state index contributed by atoms with van der Waals surface area (Å²) in [6.07, 6.45) is 0.302. The highest BCUT2D eigenvalue weighted by Crippen LogP contribution is 2.22. The Morgan fingerprint density at radius 2 is 1.78 bits per heavy atom. The number of piperazine rings is 1. The number of rotatable bonds is 7. The summed E-state index contributed by atoms with van der Waals surface area (Å²) in [5.41, 5.74) is 3.38. The van der Waals surface area contributed by atoms with Crippen LogP contribution in [0.2, 0.25) is 0 Å². The van der Waals surface area contributed by atoms with Crippen LogP contribution in [-0.4, -0.2) is 60.8 Å². The SMILES string of the molecule is CCOc1ccc(CC(=O)Nc2cccc(-c3ccc(N4CCN(C)CC4)nn3)c2)cc1. The van der Waals surface area contributed by atoms with Gasteiger partial charge in [0.15, 0.2) is 5.82 Å². The van der Waals surface area contributed by atoms with Gasteiger partial charge in [0.25, 0.3) is 0 Å². The molecule has 1 amide bonds. The Balaban J connectivity index is 1.38. The number of nitrogens with zero attached hydrogens (tertiary/aromatic N) is 4. The molecule has 0 aliphatic carbocycles. The smallest absolute Gasteiger partial charge is 0.228 e. The molecular weight excluding hydrogens is 402 g/mol. The zero-order valence-corrected chi connectivity index (χ0v) is 18.6. The largest absolute Gasteiger partial charge is 0.494 e. The van der Waals surface area contributed by atoms with E-state index in [1.807, 2.05) is 67.6 Å². The van der Waals surface area contributed by atoms with E-state index in [1.165, 1.54) is 0 Å². The molecule has 1 aliphatic rings. The van der Waals surface area contributed by atoms with Crippen LogP contribution >= 0.6 is 0 Å². The zero-order chi connectivity index (χ0) is 22.3. The number of likely N-dealkylation sites (N-methyl/N-ethyl adjacent to an activating group) is 1. The number of hydrogen-bond acceptors (Lipinski definition) is 6. The van der Waals surface area contributed by atoms with Crippen LogP contribution in [-0.2, 0) is 11.2 Å². The van der Waals surface area contributed by atoms with Crippen molar-refractivity contribution in [3.8, 4) is 17.0 Å². The van der Waals surface area contributed by atoms with Crippen LogP contribution in [0.4, 0.5) is 11.5 Å². The molecule has 4 rings (SSSR count). The predicted octanol–water partition coefficient (Wildman–Crippen LogP) is 3.48. The maximum Gasteiger partial charge on any atom is 0.228 e. The second-order valence-electron chi connectivity index (χ2n) is 7.95. The minimum Gasteiger partial charge on any atom is -0.494 e. The second kappa shape index (κ2) is 10.2. The average Bonchev–Trinajstić information content (AvgIpc) is 2.81. The van der Waals surface area contributed by atoms with Crippen molar-refractivity contribution < 1.29 is 9.53 Å². The molecule has 1 aliphatic heterocycles. The van der Waals surface area contributed by atoms with Crippen LogP contribution < -0.4 is 15.0 Å². The van der Waals surface area contributed by atoms with Crippen molar-refractivity contribution in [3.63, 3.8) is 0 Å². The summed E-state index contributed by atoms with van der Waals surface area (Å²) in [6, 6.07) is 19.3. The molecule has 1 saturated heterocycles. The molecule has 166 valence electrons. The van der Waals surface area contributed by atoms with Gasteiger partial charge in [-0.05, 0) is 55.9 Å². The third kappa shape index (κ3) is 5.62. The van der Waals surface area contributed by atoms with Gasteiger partial charge in [-0.25, -0.2) is 0 Å². The van der Waals surface area contributed by atoms with E-state index in [-0.39, 0.29) is 5.91 Å². The molecule has 7 heteroatoms. The standard InChI is InChI=1S/C25H29N5O2/c1-3-32-22-9-7-19(8-10-22)17-25(31)26-21-6-4-5-20(18-21)23-11-12-24(28-27-23)30-15-13-29(2)14-16-30/h4-12,18H,3,13-17H2,1-2H3,(H,26,31). The van der Waals surface area contributed by atoms with Gasteiger partial charge in [0.2, 0.25) is 5.91 Å². The summed E-state index contributed by atoms with van der Waals surface area (Å²) in [7, 11) is 2.13. The number of anilines is 2. The van der Waals surface area contributed by atoms with Crippen LogP contribution in [0.1, 0.15) is 12.5 Å². The van der Waals surface area contributed by atoms with Gasteiger partial charge < -0.3 is 19.9 Å². The molecule has 0 bridgehead atoms. The summed E-state index contributed by atoms with van der Waals surface area (Å²) >= 11 is 0. The predicted molar refractivity (Wildman–Crippen MR) is 127 cm³/mol. The molecule has 0 saturated carbocycles. The van der Waals surface area contributed by atoms with Crippen molar-refractivity contribution in [1.29, 1.82) is 0 Å². The normalized spacial score (nSPS) is 14.2. The lowest BCUT2D eigenvalue weighted by Gasteiger charge is -2.32. The summed E-state index contributed by atoms with van der Waals surface area (Å²) in [6.45, 7) is 6.55. The Morgan fingerprint density at radius 3 is 2.47 bits per heavy atom. The number of amides is 1. The lowest BCUT2D eigenvalue weighted by atomic mass is 10.1. The summed E-state index contributed by atoms with van der Waals surface area (Å²) in [5.74, 6) is 1.65. The minimum absolute atomic E-state index is 0.0668. The van der Waals surface area contributed by atoms with Crippen LogP contribution in [0.5, 0.6) is 5.75 Å². The maximum atomic E-state index is 12.5. The van der Waals surface area contributed by atoms with Crippen LogP contribution in [0, 0.1) is 0 Å². The molecule has 1 N–H and O–H groups in total. The summed E-state index contributed by atoms with van der Waals surface area (Å²) < 4.78 is 5.45. The summed E-state index contributed by atoms with van der Waals surface area (Å²) in [5, 5.41) is 11.8. The van der Waals surface area contributed by atoms with E-state index in [4.69, 9.17) is 4.74 Å². The van der Waals surface area contributed by atoms with E-state index in [1.54, 1.807) is 0 Å². The van der Waals surface area contributed by atoms with Crippen molar-refractivity contribution in [3.05, 3.63) is 66.2 Å². The highest BCUT2D eigenvalue weighted by Gasteiger charge is 2.16. The zero-order valence-electron chi connectivity index (χ0n) is 18.6. The molecule has 1 fully saturated rings. The number of carbonyl (C=O) groups is 1. The van der Waals surface area contributed by atoms with Crippen molar-refractivity contribution in [2.45, 2.75) is 13.3 Å². The highest BCUT2D eigenvalue weighted by atomic mass is 16.5. The van der Waals surface area contributed by atoms with Gasteiger partial charge in [-0.15, -0.1) is 10.2 Å². The third-order valence-corrected chi connectivity index (χ3v) is 5.52. The molecule has 32 heavy (non-hydrogen) atoms. The number of benzene rings is 2. The fourth-order valence-electron chi connectivity index (χ4n) is 3.70. The van der Waals surface area contributed by atoms with Gasteiger partial charge >= 0.3 is 0 Å². The molecule has 0 atom stereocenters. The molecular formula is C25H29N5O2. The van der Waals surface area contributed by atoms with Crippen molar-refractivity contribution in [1.82, 2.24) is 15.1 Å². The van der Waals surface area contributed by atoms with E-state index in [9.17, 15) is 4.79 Å². The molecule has 0 radical (unpaired) electrons. The van der Waals surface area contributed by atoms with E-state index in [2.05, 4.69) is 32.4 Å². The first kappa shape index (κ1) is 21.8. The average molecular weight is 432 g/mol. The molecule has 3 aromatic rings. The monoisotopic (exact) mass is 431 g/mol. The van der Waals surface area contributed by atoms with E-state index >= 15 is 0 Å². The molecule has 0 unspecified atom stereocenters. The van der Waals surface area contributed by atoms with Crippen molar-refractivity contribution in [2.24, 2.45) is 0 Å². The van der Waals surface area contributed by atoms with Gasteiger partial charge in [-0.2, -0.15) is 0 Å². The van der Waals surface area contributed by atoms with E-state index < -0.39 is 0 Å². The maximum absolute atomic E-state index is 12.5. The van der Waals surface area contributed by atoms with Gasteiger partial charge in [0, 0.05) is 37.4 Å². The molecule has 1 aromatic heterocycles. The molecule has 2 heterocycles. The minimum atomic E-state index is -0.0668. The molecule has 7 nitrogen and oxygen atoms in total. The van der Waals surface area contributed by atoms with Crippen LogP contribution in [0.15, 0.2) is 60.7 Å². The highest BCUT2D eigenvalue weighted by molar-refractivity contribution is 5.92.